The van der Waals surface area contributed by atoms with Gasteiger partial charge in [0.15, 0.2) is 11.6 Å². The lowest BCUT2D eigenvalue weighted by atomic mass is 9.93. The van der Waals surface area contributed by atoms with Gasteiger partial charge in [-0.05, 0) is 36.8 Å². The Morgan fingerprint density at radius 1 is 1.41 bits per heavy atom. The van der Waals surface area contributed by atoms with Gasteiger partial charge in [-0.25, -0.2) is 4.39 Å². The first-order valence-corrected chi connectivity index (χ1v) is 6.29. The number of nitrogens with two attached hydrogens (primary N) is 1. The monoisotopic (exact) mass is 237 g/mol. The van der Waals surface area contributed by atoms with E-state index in [0.717, 1.165) is 0 Å². The van der Waals surface area contributed by atoms with Crippen LogP contribution in [0.3, 0.4) is 0 Å². The molecule has 1 unspecified atom stereocenters. The summed E-state index contributed by atoms with van der Waals surface area (Å²) in [6.07, 6.45) is 5.51. The van der Waals surface area contributed by atoms with Gasteiger partial charge >= 0.3 is 0 Å². The fourth-order valence-electron chi connectivity index (χ4n) is 2.68. The van der Waals surface area contributed by atoms with E-state index in [0.29, 0.717) is 23.7 Å². The second-order valence-electron chi connectivity index (χ2n) is 4.85. The molecular formula is C14H20FNO. The van der Waals surface area contributed by atoms with Crippen LogP contribution in [0.15, 0.2) is 18.2 Å². The van der Waals surface area contributed by atoms with Crippen LogP contribution in [0.25, 0.3) is 0 Å². The highest BCUT2D eigenvalue weighted by Gasteiger charge is 2.23. The molecule has 0 heterocycles. The molecular weight excluding hydrogens is 217 g/mol. The van der Waals surface area contributed by atoms with E-state index in [1.807, 2.05) is 6.07 Å². The predicted molar refractivity (Wildman–Crippen MR) is 66.6 cm³/mol. The van der Waals surface area contributed by atoms with Crippen molar-refractivity contribution in [2.75, 3.05) is 7.11 Å². The SMILES string of the molecule is COc1cccc(CC(N)C2CCCC2)c1F. The van der Waals surface area contributed by atoms with Crippen LogP contribution in [-0.2, 0) is 6.42 Å². The highest BCUT2D eigenvalue weighted by molar-refractivity contribution is 5.31. The second kappa shape index (κ2) is 5.50. The average Bonchev–Trinajstić information content (AvgIpc) is 2.85. The topological polar surface area (TPSA) is 35.2 Å². The van der Waals surface area contributed by atoms with E-state index in [-0.39, 0.29) is 11.9 Å². The normalized spacial score (nSPS) is 18.3. The van der Waals surface area contributed by atoms with Crippen LogP contribution in [0.2, 0.25) is 0 Å². The molecule has 94 valence electrons. The van der Waals surface area contributed by atoms with E-state index in [1.54, 1.807) is 12.1 Å². The summed E-state index contributed by atoms with van der Waals surface area (Å²) in [7, 11) is 1.49. The van der Waals surface area contributed by atoms with Gasteiger partial charge < -0.3 is 10.5 Å². The number of benzene rings is 1. The van der Waals surface area contributed by atoms with Gasteiger partial charge in [0.2, 0.25) is 0 Å². The Hall–Kier alpha value is -1.09. The van der Waals surface area contributed by atoms with Gasteiger partial charge in [-0.3, -0.25) is 0 Å². The van der Waals surface area contributed by atoms with E-state index >= 15 is 0 Å². The van der Waals surface area contributed by atoms with Crippen LogP contribution in [0.4, 0.5) is 4.39 Å². The van der Waals surface area contributed by atoms with Gasteiger partial charge in [0, 0.05) is 6.04 Å². The fourth-order valence-corrected chi connectivity index (χ4v) is 2.68. The van der Waals surface area contributed by atoms with Crippen LogP contribution in [0, 0.1) is 11.7 Å². The van der Waals surface area contributed by atoms with Crippen LogP contribution in [0.1, 0.15) is 31.2 Å². The molecule has 0 radical (unpaired) electrons. The maximum Gasteiger partial charge on any atom is 0.168 e. The molecule has 3 heteroatoms. The molecule has 1 aromatic rings. The molecule has 0 spiro atoms. The quantitative estimate of drug-likeness (QED) is 0.874. The van der Waals surface area contributed by atoms with Gasteiger partial charge in [0.1, 0.15) is 0 Å². The third-order valence-corrected chi connectivity index (χ3v) is 3.72. The summed E-state index contributed by atoms with van der Waals surface area (Å²) >= 11 is 0. The maximum absolute atomic E-state index is 13.9. The van der Waals surface area contributed by atoms with E-state index < -0.39 is 0 Å². The van der Waals surface area contributed by atoms with Crippen molar-refractivity contribution in [3.8, 4) is 5.75 Å². The third kappa shape index (κ3) is 2.78. The van der Waals surface area contributed by atoms with Crippen molar-refractivity contribution in [3.05, 3.63) is 29.6 Å². The number of halogens is 1. The summed E-state index contributed by atoms with van der Waals surface area (Å²) in [5.41, 5.74) is 6.83. The molecule has 0 bridgehead atoms. The molecule has 2 rings (SSSR count). The minimum atomic E-state index is -0.261. The van der Waals surface area contributed by atoms with Crippen molar-refractivity contribution >= 4 is 0 Å². The van der Waals surface area contributed by atoms with Gasteiger partial charge in [-0.2, -0.15) is 0 Å². The highest BCUT2D eigenvalue weighted by atomic mass is 19.1. The first-order valence-electron chi connectivity index (χ1n) is 6.29. The largest absolute Gasteiger partial charge is 0.494 e. The molecule has 17 heavy (non-hydrogen) atoms. The smallest absolute Gasteiger partial charge is 0.168 e. The zero-order valence-corrected chi connectivity index (χ0v) is 10.3. The van der Waals surface area contributed by atoms with Crippen molar-refractivity contribution in [1.82, 2.24) is 0 Å². The molecule has 0 saturated heterocycles. The standard InChI is InChI=1S/C14H20FNO/c1-17-13-8-4-7-11(14(13)15)9-12(16)10-5-2-3-6-10/h4,7-8,10,12H,2-3,5-6,9,16H2,1H3. The van der Waals surface area contributed by atoms with Crippen molar-refractivity contribution in [2.24, 2.45) is 11.7 Å². The molecule has 1 fully saturated rings. The van der Waals surface area contributed by atoms with Crippen molar-refractivity contribution in [2.45, 2.75) is 38.1 Å². The molecule has 0 amide bonds. The van der Waals surface area contributed by atoms with E-state index in [4.69, 9.17) is 10.5 Å². The number of hydrogen-bond acceptors (Lipinski definition) is 2. The van der Waals surface area contributed by atoms with Gasteiger partial charge in [-0.15, -0.1) is 0 Å². The number of rotatable bonds is 4. The lowest BCUT2D eigenvalue weighted by molar-refractivity contribution is 0.379. The van der Waals surface area contributed by atoms with E-state index in [9.17, 15) is 4.39 Å². The molecule has 0 aromatic heterocycles. The summed E-state index contributed by atoms with van der Waals surface area (Å²) in [6.45, 7) is 0. The minimum Gasteiger partial charge on any atom is -0.494 e. The van der Waals surface area contributed by atoms with Crippen LogP contribution in [0.5, 0.6) is 5.75 Å². The Morgan fingerprint density at radius 2 is 2.12 bits per heavy atom. The zero-order valence-electron chi connectivity index (χ0n) is 10.3. The summed E-state index contributed by atoms with van der Waals surface area (Å²) in [5.74, 6) is 0.602. The first-order chi connectivity index (χ1) is 8.22. The Labute approximate surface area is 102 Å². The minimum absolute atomic E-state index is 0.0686. The Morgan fingerprint density at radius 3 is 2.76 bits per heavy atom. The molecule has 1 aliphatic carbocycles. The summed E-state index contributed by atoms with van der Waals surface area (Å²) in [6, 6.07) is 5.32. The molecule has 2 nitrogen and oxygen atoms in total. The highest BCUT2D eigenvalue weighted by Crippen LogP contribution is 2.29. The fraction of sp³-hybridized carbons (Fsp3) is 0.571. The van der Waals surface area contributed by atoms with Crippen LogP contribution in [-0.4, -0.2) is 13.2 Å². The van der Waals surface area contributed by atoms with Crippen LogP contribution < -0.4 is 10.5 Å². The lowest BCUT2D eigenvalue weighted by Crippen LogP contribution is -2.31. The molecule has 1 atom stereocenters. The van der Waals surface area contributed by atoms with Gasteiger partial charge in [0.25, 0.3) is 0 Å². The van der Waals surface area contributed by atoms with Crippen LogP contribution >= 0.6 is 0 Å². The Kier molecular flexibility index (Phi) is 4.00. The molecule has 1 aliphatic rings. The van der Waals surface area contributed by atoms with Crippen molar-refractivity contribution < 1.29 is 9.13 Å². The average molecular weight is 237 g/mol. The van der Waals surface area contributed by atoms with E-state index in [1.165, 1.54) is 32.8 Å². The first kappa shape index (κ1) is 12.4. The number of methoxy groups -OCH3 is 1. The zero-order chi connectivity index (χ0) is 12.3. The summed E-state index contributed by atoms with van der Waals surface area (Å²) in [5, 5.41) is 0. The lowest BCUT2D eigenvalue weighted by Gasteiger charge is -2.19. The summed E-state index contributed by atoms with van der Waals surface area (Å²) < 4.78 is 18.9. The van der Waals surface area contributed by atoms with Gasteiger partial charge in [0.05, 0.1) is 7.11 Å². The van der Waals surface area contributed by atoms with Gasteiger partial charge in [-0.1, -0.05) is 25.0 Å². The van der Waals surface area contributed by atoms with Crippen molar-refractivity contribution in [1.29, 1.82) is 0 Å². The predicted octanol–water partition coefficient (Wildman–Crippen LogP) is 2.89. The molecule has 1 saturated carbocycles. The summed E-state index contributed by atoms with van der Waals surface area (Å²) in [4.78, 5) is 0. The molecule has 2 N–H and O–H groups in total. The third-order valence-electron chi connectivity index (χ3n) is 3.72. The molecule has 0 aliphatic heterocycles. The molecule has 1 aromatic carbocycles. The second-order valence-corrected chi connectivity index (χ2v) is 4.85. The number of ether oxygens (including phenoxy) is 1. The Balaban J connectivity index is 2.07. The van der Waals surface area contributed by atoms with Crippen molar-refractivity contribution in [3.63, 3.8) is 0 Å². The number of hydrogen-bond donors (Lipinski definition) is 1. The Bertz CT molecular complexity index is 374. The maximum atomic E-state index is 13.9. The van der Waals surface area contributed by atoms with E-state index in [2.05, 4.69) is 0 Å².